The van der Waals surface area contributed by atoms with Crippen molar-refractivity contribution < 1.29 is 0 Å². The van der Waals surface area contributed by atoms with Gasteiger partial charge in [0.15, 0.2) is 0 Å². The van der Waals surface area contributed by atoms with Crippen molar-refractivity contribution in [1.29, 1.82) is 0 Å². The molecule has 0 radical (unpaired) electrons. The lowest BCUT2D eigenvalue weighted by molar-refractivity contribution is 0.617. The van der Waals surface area contributed by atoms with Crippen LogP contribution in [0.25, 0.3) is 0 Å². The van der Waals surface area contributed by atoms with E-state index < -0.39 is 0 Å². The van der Waals surface area contributed by atoms with Crippen LogP contribution in [-0.4, -0.2) is 15.6 Å². The van der Waals surface area contributed by atoms with Crippen LogP contribution in [0.4, 0.5) is 0 Å². The Morgan fingerprint density at radius 1 is 1.00 bits per heavy atom. The number of alkyl halides is 1. The van der Waals surface area contributed by atoms with Crippen LogP contribution in [0.3, 0.4) is 0 Å². The minimum absolute atomic E-state index is 0.284. The minimum atomic E-state index is 0.284. The smallest absolute Gasteiger partial charge is 0.0987 e. The van der Waals surface area contributed by atoms with Gasteiger partial charge in [0.25, 0.3) is 0 Å². The average molecular weight is 360 g/mol. The first-order valence-corrected chi connectivity index (χ1v) is 9.27. The van der Waals surface area contributed by atoms with Crippen LogP contribution >= 0.6 is 27.7 Å². The van der Waals surface area contributed by atoms with Crippen molar-refractivity contribution in [3.05, 3.63) is 71.8 Å². The fourth-order valence-corrected chi connectivity index (χ4v) is 4.73. The molecule has 1 aliphatic heterocycles. The molecular weight excluding hydrogens is 342 g/mol. The van der Waals surface area contributed by atoms with Crippen LogP contribution in [0.5, 0.6) is 0 Å². The summed E-state index contributed by atoms with van der Waals surface area (Å²) in [5.74, 6) is 0. The maximum atomic E-state index is 5.02. The molecule has 2 aromatic carbocycles. The highest BCUT2D eigenvalue weighted by Crippen LogP contribution is 2.38. The molecule has 21 heavy (non-hydrogen) atoms. The van der Waals surface area contributed by atoms with Gasteiger partial charge in [-0.15, -0.1) is 11.8 Å². The number of thioether (sulfide) groups is 1. The van der Waals surface area contributed by atoms with Crippen molar-refractivity contribution in [2.75, 3.05) is 5.33 Å². The van der Waals surface area contributed by atoms with Gasteiger partial charge in [0.2, 0.25) is 0 Å². The highest BCUT2D eigenvalue weighted by Gasteiger charge is 2.25. The number of aliphatic imine (C=N–C) groups is 1. The second-order valence-corrected chi connectivity index (χ2v) is 7.26. The normalized spacial score (nSPS) is 21.9. The fraction of sp³-hybridized carbons (Fsp3) is 0.278. The topological polar surface area (TPSA) is 12.4 Å². The third-order valence-electron chi connectivity index (χ3n) is 3.67. The fourth-order valence-electron chi connectivity index (χ4n) is 2.59. The van der Waals surface area contributed by atoms with Crippen molar-refractivity contribution in [2.45, 2.75) is 24.1 Å². The monoisotopic (exact) mass is 359 g/mol. The van der Waals surface area contributed by atoms with Crippen LogP contribution in [0, 0.1) is 0 Å². The molecule has 0 amide bonds. The number of nitrogens with zero attached hydrogens (tertiary/aromatic N) is 1. The molecule has 0 aromatic heterocycles. The van der Waals surface area contributed by atoms with E-state index in [2.05, 4.69) is 76.6 Å². The average Bonchev–Trinajstić information content (AvgIpc) is 2.56. The largest absolute Gasteiger partial charge is 0.270 e. The van der Waals surface area contributed by atoms with E-state index in [1.165, 1.54) is 22.6 Å². The number of hydrogen-bond acceptors (Lipinski definition) is 2. The molecule has 2 atom stereocenters. The summed E-state index contributed by atoms with van der Waals surface area (Å²) in [6.07, 6.45) is 2.30. The SMILES string of the molecule is BrCCC1CC(c2ccccc2)N=C(c2ccccc2)S1. The molecule has 0 saturated heterocycles. The minimum Gasteiger partial charge on any atom is -0.270 e. The maximum absolute atomic E-state index is 5.02. The Kier molecular flexibility index (Phi) is 5.15. The Balaban J connectivity index is 1.92. The Bertz CT molecular complexity index is 597. The van der Waals surface area contributed by atoms with Crippen molar-refractivity contribution in [2.24, 2.45) is 4.99 Å². The molecule has 3 heteroatoms. The summed E-state index contributed by atoms with van der Waals surface area (Å²) >= 11 is 5.51. The molecule has 1 aliphatic rings. The molecular formula is C18H18BrNS. The predicted molar refractivity (Wildman–Crippen MR) is 96.6 cm³/mol. The van der Waals surface area contributed by atoms with Gasteiger partial charge < -0.3 is 0 Å². The van der Waals surface area contributed by atoms with Gasteiger partial charge in [0.05, 0.1) is 11.1 Å². The summed E-state index contributed by atoms with van der Waals surface area (Å²) in [5, 5.41) is 2.86. The van der Waals surface area contributed by atoms with Crippen LogP contribution in [0.15, 0.2) is 65.7 Å². The van der Waals surface area contributed by atoms with E-state index in [4.69, 9.17) is 4.99 Å². The van der Waals surface area contributed by atoms with Crippen molar-refractivity contribution in [3.8, 4) is 0 Å². The number of rotatable bonds is 4. The maximum Gasteiger partial charge on any atom is 0.0987 e. The number of halogens is 1. The molecule has 2 unspecified atom stereocenters. The van der Waals surface area contributed by atoms with Gasteiger partial charge in [-0.2, -0.15) is 0 Å². The van der Waals surface area contributed by atoms with Gasteiger partial charge in [-0.25, -0.2) is 0 Å². The second-order valence-electron chi connectivity index (χ2n) is 5.18. The standard InChI is InChI=1S/C18H18BrNS/c19-12-11-16-13-17(14-7-3-1-4-8-14)20-18(21-16)15-9-5-2-6-10-15/h1-10,16-17H,11-13H2. The molecule has 0 N–H and O–H groups in total. The zero-order valence-electron chi connectivity index (χ0n) is 11.8. The summed E-state index contributed by atoms with van der Waals surface area (Å²) in [6, 6.07) is 21.5. The summed E-state index contributed by atoms with van der Waals surface area (Å²) in [4.78, 5) is 5.02. The van der Waals surface area contributed by atoms with Crippen LogP contribution in [0.1, 0.15) is 30.0 Å². The first-order valence-electron chi connectivity index (χ1n) is 7.27. The second kappa shape index (κ2) is 7.28. The van der Waals surface area contributed by atoms with Crippen LogP contribution in [0.2, 0.25) is 0 Å². The van der Waals surface area contributed by atoms with Crippen molar-refractivity contribution in [1.82, 2.24) is 0 Å². The molecule has 1 heterocycles. The summed E-state index contributed by atoms with van der Waals surface area (Å²) < 4.78 is 0. The molecule has 0 spiro atoms. The van der Waals surface area contributed by atoms with E-state index in [9.17, 15) is 0 Å². The van der Waals surface area contributed by atoms with Gasteiger partial charge in [0, 0.05) is 16.1 Å². The van der Waals surface area contributed by atoms with E-state index in [-0.39, 0.29) is 6.04 Å². The lowest BCUT2D eigenvalue weighted by atomic mass is 10.0. The van der Waals surface area contributed by atoms with Gasteiger partial charge in [-0.1, -0.05) is 76.6 Å². The van der Waals surface area contributed by atoms with Gasteiger partial charge in [-0.3, -0.25) is 4.99 Å². The van der Waals surface area contributed by atoms with Crippen LogP contribution in [-0.2, 0) is 0 Å². The molecule has 0 fully saturated rings. The molecule has 1 nitrogen and oxygen atoms in total. The Morgan fingerprint density at radius 3 is 2.33 bits per heavy atom. The van der Waals surface area contributed by atoms with Crippen LogP contribution < -0.4 is 0 Å². The Labute approximate surface area is 139 Å². The van der Waals surface area contributed by atoms with E-state index in [1.54, 1.807) is 0 Å². The third-order valence-corrected chi connectivity index (χ3v) is 5.46. The zero-order chi connectivity index (χ0) is 14.5. The lowest BCUT2D eigenvalue weighted by Crippen LogP contribution is -2.19. The number of hydrogen-bond donors (Lipinski definition) is 0. The Hall–Kier alpha value is -1.06. The molecule has 0 bridgehead atoms. The third kappa shape index (κ3) is 3.78. The molecule has 0 saturated carbocycles. The van der Waals surface area contributed by atoms with Gasteiger partial charge in [-0.05, 0) is 18.4 Å². The summed E-state index contributed by atoms with van der Waals surface area (Å²) in [5.41, 5.74) is 2.56. The number of benzene rings is 2. The van der Waals surface area contributed by atoms with Gasteiger partial charge >= 0.3 is 0 Å². The van der Waals surface area contributed by atoms with Crippen molar-refractivity contribution in [3.63, 3.8) is 0 Å². The predicted octanol–water partition coefficient (Wildman–Crippen LogP) is 5.47. The van der Waals surface area contributed by atoms with Crippen molar-refractivity contribution >= 4 is 32.7 Å². The highest BCUT2D eigenvalue weighted by molar-refractivity contribution is 9.09. The molecule has 2 aromatic rings. The molecule has 0 aliphatic carbocycles. The first-order chi connectivity index (χ1) is 10.4. The highest BCUT2D eigenvalue weighted by atomic mass is 79.9. The van der Waals surface area contributed by atoms with E-state index in [0.29, 0.717) is 5.25 Å². The van der Waals surface area contributed by atoms with E-state index in [0.717, 1.165) is 11.8 Å². The summed E-state index contributed by atoms with van der Waals surface area (Å²) in [7, 11) is 0. The Morgan fingerprint density at radius 2 is 1.67 bits per heavy atom. The van der Waals surface area contributed by atoms with E-state index >= 15 is 0 Å². The zero-order valence-corrected chi connectivity index (χ0v) is 14.2. The molecule has 108 valence electrons. The first kappa shape index (κ1) is 14.9. The quantitative estimate of drug-likeness (QED) is 0.659. The van der Waals surface area contributed by atoms with Gasteiger partial charge in [0.1, 0.15) is 0 Å². The summed E-state index contributed by atoms with van der Waals surface area (Å²) in [6.45, 7) is 0. The lowest BCUT2D eigenvalue weighted by Gasteiger charge is -2.27. The van der Waals surface area contributed by atoms with E-state index in [1.807, 2.05) is 11.8 Å². The molecule has 3 rings (SSSR count).